The van der Waals surface area contributed by atoms with Crippen LogP contribution in [0.3, 0.4) is 0 Å². The number of ether oxygens (including phenoxy) is 1. The van der Waals surface area contributed by atoms with Crippen molar-refractivity contribution in [3.63, 3.8) is 0 Å². The third-order valence-electron chi connectivity index (χ3n) is 3.92. The summed E-state index contributed by atoms with van der Waals surface area (Å²) >= 11 is 0. The lowest BCUT2D eigenvalue weighted by Crippen LogP contribution is -2.18. The first kappa shape index (κ1) is 14.4. The molecule has 0 spiro atoms. The summed E-state index contributed by atoms with van der Waals surface area (Å²) in [5.41, 5.74) is 1.51. The number of carbonyl (C=O) groups is 1. The fourth-order valence-electron chi connectivity index (χ4n) is 2.79. The van der Waals surface area contributed by atoms with Gasteiger partial charge in [0.2, 0.25) is 0 Å². The van der Waals surface area contributed by atoms with Gasteiger partial charge in [-0.1, -0.05) is 30.3 Å². The van der Waals surface area contributed by atoms with Crippen molar-refractivity contribution >= 4 is 11.5 Å². The molecule has 0 unspecified atom stereocenters. The quantitative estimate of drug-likeness (QED) is 0.491. The monoisotopic (exact) mass is 297 g/mol. The first-order chi connectivity index (χ1) is 10.7. The molecule has 0 saturated carbocycles. The number of hydrogen-bond acceptors (Lipinski definition) is 4. The van der Waals surface area contributed by atoms with Crippen molar-refractivity contribution in [3.05, 3.63) is 75.8 Å². The smallest absolute Gasteiger partial charge is 0.269 e. The van der Waals surface area contributed by atoms with Gasteiger partial charge < -0.3 is 4.74 Å². The number of benzene rings is 2. The summed E-state index contributed by atoms with van der Waals surface area (Å²) in [6, 6.07) is 15.4. The Morgan fingerprint density at radius 1 is 1.09 bits per heavy atom. The Bertz CT molecular complexity index is 682. The summed E-state index contributed by atoms with van der Waals surface area (Å²) in [5, 5.41) is 10.7. The van der Waals surface area contributed by atoms with Crippen LogP contribution in [0, 0.1) is 16.0 Å². The van der Waals surface area contributed by atoms with Crippen LogP contribution in [0.25, 0.3) is 0 Å². The van der Waals surface area contributed by atoms with Crippen molar-refractivity contribution in [1.29, 1.82) is 0 Å². The maximum atomic E-state index is 12.6. The Morgan fingerprint density at radius 3 is 2.41 bits per heavy atom. The summed E-state index contributed by atoms with van der Waals surface area (Å²) < 4.78 is 5.70. The largest absolute Gasteiger partial charge is 0.373 e. The molecule has 2 aromatic carbocycles. The SMILES string of the molecule is O=C(c1ccccc1)[C@H]1CCO[C@@H]1c1ccc([N+](=O)[O-])cc1. The highest BCUT2D eigenvalue weighted by Gasteiger charge is 2.35. The molecule has 0 N–H and O–H groups in total. The molecular weight excluding hydrogens is 282 g/mol. The summed E-state index contributed by atoms with van der Waals surface area (Å²) in [6.07, 6.45) is 0.323. The summed E-state index contributed by atoms with van der Waals surface area (Å²) in [7, 11) is 0. The van der Waals surface area contributed by atoms with Crippen LogP contribution in [0.4, 0.5) is 5.69 Å². The average molecular weight is 297 g/mol. The van der Waals surface area contributed by atoms with Gasteiger partial charge in [-0.05, 0) is 24.1 Å². The van der Waals surface area contributed by atoms with E-state index >= 15 is 0 Å². The van der Waals surface area contributed by atoms with E-state index in [0.29, 0.717) is 18.6 Å². The summed E-state index contributed by atoms with van der Waals surface area (Å²) in [5.74, 6) is -0.190. The van der Waals surface area contributed by atoms with Crippen LogP contribution < -0.4 is 0 Å². The topological polar surface area (TPSA) is 69.4 Å². The number of rotatable bonds is 4. The predicted molar refractivity (Wildman–Crippen MR) is 80.7 cm³/mol. The number of Topliss-reactive ketones (excluding diaryl/α,β-unsaturated/α-hetero) is 1. The molecule has 1 aliphatic heterocycles. The average Bonchev–Trinajstić information content (AvgIpc) is 3.04. The molecule has 1 saturated heterocycles. The van der Waals surface area contributed by atoms with Crippen molar-refractivity contribution in [2.24, 2.45) is 5.92 Å². The Balaban J connectivity index is 1.84. The first-order valence-corrected chi connectivity index (χ1v) is 7.12. The Hall–Kier alpha value is -2.53. The normalized spacial score (nSPS) is 20.7. The molecular formula is C17H15NO4. The highest BCUT2D eigenvalue weighted by Crippen LogP contribution is 2.37. The third kappa shape index (κ3) is 2.76. The van der Waals surface area contributed by atoms with Gasteiger partial charge in [-0.2, -0.15) is 0 Å². The molecule has 2 aromatic rings. The molecule has 1 heterocycles. The van der Waals surface area contributed by atoms with Crippen LogP contribution in [-0.4, -0.2) is 17.3 Å². The molecule has 0 aliphatic carbocycles. The molecule has 2 atom stereocenters. The van der Waals surface area contributed by atoms with E-state index < -0.39 is 4.92 Å². The molecule has 0 radical (unpaired) electrons. The number of nitrogens with zero attached hydrogens (tertiary/aromatic N) is 1. The van der Waals surface area contributed by atoms with Crippen molar-refractivity contribution < 1.29 is 14.5 Å². The zero-order valence-corrected chi connectivity index (χ0v) is 11.8. The minimum Gasteiger partial charge on any atom is -0.373 e. The van der Waals surface area contributed by atoms with E-state index in [1.807, 2.05) is 18.2 Å². The number of nitro benzene ring substituents is 1. The lowest BCUT2D eigenvalue weighted by molar-refractivity contribution is -0.384. The lowest BCUT2D eigenvalue weighted by atomic mass is 9.88. The van der Waals surface area contributed by atoms with E-state index in [-0.39, 0.29) is 23.5 Å². The van der Waals surface area contributed by atoms with E-state index in [0.717, 1.165) is 5.56 Å². The molecule has 5 heteroatoms. The maximum Gasteiger partial charge on any atom is 0.269 e. The van der Waals surface area contributed by atoms with Crippen LogP contribution in [-0.2, 0) is 4.74 Å². The van der Waals surface area contributed by atoms with Crippen molar-refractivity contribution in [1.82, 2.24) is 0 Å². The molecule has 22 heavy (non-hydrogen) atoms. The maximum absolute atomic E-state index is 12.6. The van der Waals surface area contributed by atoms with Crippen LogP contribution in [0.5, 0.6) is 0 Å². The van der Waals surface area contributed by atoms with Gasteiger partial charge in [0, 0.05) is 24.3 Å². The fraction of sp³-hybridized carbons (Fsp3) is 0.235. The molecule has 5 nitrogen and oxygen atoms in total. The van der Waals surface area contributed by atoms with Gasteiger partial charge >= 0.3 is 0 Å². The van der Waals surface area contributed by atoms with E-state index in [4.69, 9.17) is 4.74 Å². The van der Waals surface area contributed by atoms with Gasteiger partial charge in [0.15, 0.2) is 5.78 Å². The molecule has 1 aliphatic rings. The Kier molecular flexibility index (Phi) is 3.98. The summed E-state index contributed by atoms with van der Waals surface area (Å²) in [6.45, 7) is 0.519. The van der Waals surface area contributed by atoms with Crippen molar-refractivity contribution in [3.8, 4) is 0 Å². The van der Waals surface area contributed by atoms with Crippen molar-refractivity contribution in [2.75, 3.05) is 6.61 Å². The number of hydrogen-bond donors (Lipinski definition) is 0. The Morgan fingerprint density at radius 2 is 1.77 bits per heavy atom. The third-order valence-corrected chi connectivity index (χ3v) is 3.92. The minimum absolute atomic E-state index is 0.0349. The van der Waals surface area contributed by atoms with E-state index in [2.05, 4.69) is 0 Å². The molecule has 0 aromatic heterocycles. The van der Waals surface area contributed by atoms with E-state index in [9.17, 15) is 14.9 Å². The van der Waals surface area contributed by atoms with Crippen LogP contribution >= 0.6 is 0 Å². The van der Waals surface area contributed by atoms with E-state index in [1.165, 1.54) is 12.1 Å². The second kappa shape index (κ2) is 6.07. The second-order valence-electron chi connectivity index (χ2n) is 5.27. The second-order valence-corrected chi connectivity index (χ2v) is 5.27. The molecule has 0 bridgehead atoms. The number of ketones is 1. The molecule has 0 amide bonds. The van der Waals surface area contributed by atoms with Gasteiger partial charge in [-0.3, -0.25) is 14.9 Å². The van der Waals surface area contributed by atoms with Crippen LogP contribution in [0.2, 0.25) is 0 Å². The van der Waals surface area contributed by atoms with Gasteiger partial charge in [0.25, 0.3) is 5.69 Å². The van der Waals surface area contributed by atoms with E-state index in [1.54, 1.807) is 24.3 Å². The van der Waals surface area contributed by atoms with Gasteiger partial charge in [-0.15, -0.1) is 0 Å². The summed E-state index contributed by atoms with van der Waals surface area (Å²) in [4.78, 5) is 22.9. The van der Waals surface area contributed by atoms with Crippen molar-refractivity contribution in [2.45, 2.75) is 12.5 Å². The van der Waals surface area contributed by atoms with Gasteiger partial charge in [0.1, 0.15) is 0 Å². The van der Waals surface area contributed by atoms with Gasteiger partial charge in [0.05, 0.1) is 16.9 Å². The highest BCUT2D eigenvalue weighted by molar-refractivity contribution is 5.98. The van der Waals surface area contributed by atoms with Gasteiger partial charge in [-0.25, -0.2) is 0 Å². The minimum atomic E-state index is -0.439. The number of nitro groups is 1. The van der Waals surface area contributed by atoms with Crippen LogP contribution in [0.15, 0.2) is 54.6 Å². The molecule has 1 fully saturated rings. The fourth-order valence-corrected chi connectivity index (χ4v) is 2.79. The first-order valence-electron chi connectivity index (χ1n) is 7.12. The van der Waals surface area contributed by atoms with Crippen LogP contribution in [0.1, 0.15) is 28.4 Å². The molecule has 3 rings (SSSR count). The standard InChI is InChI=1S/C17H15NO4/c19-16(12-4-2-1-3-5-12)15-10-11-22-17(15)13-6-8-14(9-7-13)18(20)21/h1-9,15,17H,10-11H2/t15-,17-/m1/s1. The molecule has 112 valence electrons. The predicted octanol–water partition coefficient (Wildman–Crippen LogP) is 3.56. The number of non-ortho nitro benzene ring substituents is 1. The Labute approximate surface area is 127 Å². The zero-order chi connectivity index (χ0) is 15.5. The zero-order valence-electron chi connectivity index (χ0n) is 11.8. The number of carbonyl (C=O) groups excluding carboxylic acids is 1. The lowest BCUT2D eigenvalue weighted by Gasteiger charge is -2.18. The highest BCUT2D eigenvalue weighted by atomic mass is 16.6.